The zero-order chi connectivity index (χ0) is 13.9. The van der Waals surface area contributed by atoms with Gasteiger partial charge in [0.05, 0.1) is 12.2 Å². The molecule has 1 saturated carbocycles. The topological polar surface area (TPSA) is 29.5 Å². The van der Waals surface area contributed by atoms with Gasteiger partial charge < -0.3 is 9.84 Å². The fourth-order valence-corrected chi connectivity index (χ4v) is 2.40. The van der Waals surface area contributed by atoms with Crippen molar-refractivity contribution in [2.24, 2.45) is 0 Å². The number of benzene rings is 2. The molecule has 20 heavy (non-hydrogen) atoms. The summed E-state index contributed by atoms with van der Waals surface area (Å²) in [6.45, 7) is 0. The first-order valence-electron chi connectivity index (χ1n) is 6.90. The molecule has 0 radical (unpaired) electrons. The van der Waals surface area contributed by atoms with E-state index in [-0.39, 0.29) is 0 Å². The standard InChI is InChI=1S/C17H17BrO2/c18-14-6-4-12(5-7-14)10-17(19)13-2-1-3-16(11-13)20-15-8-9-15/h1-7,11,15,17,19H,8-10H2. The van der Waals surface area contributed by atoms with Crippen LogP contribution in [-0.2, 0) is 6.42 Å². The Hall–Kier alpha value is -1.32. The number of aliphatic hydroxyl groups excluding tert-OH is 1. The maximum absolute atomic E-state index is 10.4. The minimum absolute atomic E-state index is 0.383. The highest BCUT2D eigenvalue weighted by Gasteiger charge is 2.23. The van der Waals surface area contributed by atoms with E-state index in [9.17, 15) is 5.11 Å². The van der Waals surface area contributed by atoms with Crippen LogP contribution in [0.2, 0.25) is 0 Å². The third kappa shape index (κ3) is 3.62. The third-order valence-corrected chi connectivity index (χ3v) is 3.94. The Kier molecular flexibility index (Phi) is 4.08. The Morgan fingerprint density at radius 3 is 2.60 bits per heavy atom. The molecule has 104 valence electrons. The van der Waals surface area contributed by atoms with Gasteiger partial charge in [-0.05, 0) is 48.2 Å². The molecular formula is C17H17BrO2. The van der Waals surface area contributed by atoms with E-state index in [0.717, 1.165) is 34.2 Å². The van der Waals surface area contributed by atoms with E-state index in [1.807, 2.05) is 48.5 Å². The lowest BCUT2D eigenvalue weighted by Crippen LogP contribution is -2.03. The lowest BCUT2D eigenvalue weighted by Gasteiger charge is -2.13. The van der Waals surface area contributed by atoms with Gasteiger partial charge in [0, 0.05) is 10.9 Å². The fraction of sp³-hybridized carbons (Fsp3) is 0.294. The summed E-state index contributed by atoms with van der Waals surface area (Å²) >= 11 is 3.42. The van der Waals surface area contributed by atoms with Gasteiger partial charge in [0.2, 0.25) is 0 Å². The van der Waals surface area contributed by atoms with Crippen LogP contribution in [0, 0.1) is 0 Å². The van der Waals surface area contributed by atoms with Crippen LogP contribution in [0.1, 0.15) is 30.1 Å². The van der Waals surface area contributed by atoms with E-state index < -0.39 is 6.10 Å². The smallest absolute Gasteiger partial charge is 0.120 e. The second kappa shape index (κ2) is 5.98. The monoisotopic (exact) mass is 332 g/mol. The average Bonchev–Trinajstić information content (AvgIpc) is 3.25. The summed E-state index contributed by atoms with van der Waals surface area (Å²) < 4.78 is 6.82. The summed E-state index contributed by atoms with van der Waals surface area (Å²) in [6, 6.07) is 15.8. The first kappa shape index (κ1) is 13.7. The molecule has 1 fully saturated rings. The van der Waals surface area contributed by atoms with Gasteiger partial charge in [-0.25, -0.2) is 0 Å². The zero-order valence-corrected chi connectivity index (χ0v) is 12.7. The molecule has 1 aliphatic carbocycles. The Bertz CT molecular complexity index is 576. The summed E-state index contributed by atoms with van der Waals surface area (Å²) in [5, 5.41) is 10.4. The second-order valence-electron chi connectivity index (χ2n) is 5.24. The highest BCUT2D eigenvalue weighted by atomic mass is 79.9. The van der Waals surface area contributed by atoms with Crippen LogP contribution in [0.3, 0.4) is 0 Å². The van der Waals surface area contributed by atoms with Crippen molar-refractivity contribution in [3.63, 3.8) is 0 Å². The Labute approximate surface area is 127 Å². The van der Waals surface area contributed by atoms with E-state index >= 15 is 0 Å². The summed E-state index contributed by atoms with van der Waals surface area (Å²) in [6.07, 6.45) is 2.78. The van der Waals surface area contributed by atoms with Crippen LogP contribution in [-0.4, -0.2) is 11.2 Å². The zero-order valence-electron chi connectivity index (χ0n) is 11.1. The van der Waals surface area contributed by atoms with Crippen molar-refractivity contribution < 1.29 is 9.84 Å². The Morgan fingerprint density at radius 1 is 1.15 bits per heavy atom. The summed E-state index contributed by atoms with van der Waals surface area (Å²) in [7, 11) is 0. The minimum atomic E-state index is -0.501. The molecule has 3 heteroatoms. The molecule has 2 nitrogen and oxygen atoms in total. The van der Waals surface area contributed by atoms with E-state index in [0.29, 0.717) is 12.5 Å². The predicted molar refractivity (Wildman–Crippen MR) is 82.9 cm³/mol. The number of rotatable bonds is 5. The first-order valence-corrected chi connectivity index (χ1v) is 7.69. The quantitative estimate of drug-likeness (QED) is 0.886. The highest BCUT2D eigenvalue weighted by molar-refractivity contribution is 9.10. The number of ether oxygens (including phenoxy) is 1. The lowest BCUT2D eigenvalue weighted by molar-refractivity contribution is 0.177. The predicted octanol–water partition coefficient (Wildman–Crippen LogP) is 4.27. The maximum Gasteiger partial charge on any atom is 0.120 e. The minimum Gasteiger partial charge on any atom is -0.490 e. The van der Waals surface area contributed by atoms with Crippen LogP contribution in [0.25, 0.3) is 0 Å². The van der Waals surface area contributed by atoms with Crippen molar-refractivity contribution in [3.8, 4) is 5.75 Å². The van der Waals surface area contributed by atoms with Crippen molar-refractivity contribution in [2.45, 2.75) is 31.5 Å². The van der Waals surface area contributed by atoms with Gasteiger partial charge in [-0.3, -0.25) is 0 Å². The summed E-state index contributed by atoms with van der Waals surface area (Å²) in [5.74, 6) is 0.861. The molecule has 0 amide bonds. The fourth-order valence-electron chi connectivity index (χ4n) is 2.14. The molecule has 0 spiro atoms. The van der Waals surface area contributed by atoms with Gasteiger partial charge in [0.15, 0.2) is 0 Å². The first-order chi connectivity index (χ1) is 9.70. The molecule has 1 N–H and O–H groups in total. The normalized spacial score (nSPS) is 15.9. The molecule has 0 aliphatic heterocycles. The molecule has 2 aromatic carbocycles. The van der Waals surface area contributed by atoms with Gasteiger partial charge in [-0.15, -0.1) is 0 Å². The number of halogens is 1. The molecule has 1 atom stereocenters. The van der Waals surface area contributed by atoms with Crippen molar-refractivity contribution in [3.05, 3.63) is 64.1 Å². The Balaban J connectivity index is 1.69. The largest absolute Gasteiger partial charge is 0.490 e. The average molecular weight is 333 g/mol. The molecule has 3 rings (SSSR count). The van der Waals surface area contributed by atoms with Crippen LogP contribution < -0.4 is 4.74 Å². The van der Waals surface area contributed by atoms with E-state index in [1.165, 1.54) is 0 Å². The molecule has 0 saturated heterocycles. The molecular weight excluding hydrogens is 316 g/mol. The summed E-state index contributed by atoms with van der Waals surface area (Å²) in [4.78, 5) is 0. The lowest BCUT2D eigenvalue weighted by atomic mass is 10.0. The van der Waals surface area contributed by atoms with Crippen LogP contribution in [0.15, 0.2) is 53.0 Å². The third-order valence-electron chi connectivity index (χ3n) is 3.41. The van der Waals surface area contributed by atoms with Gasteiger partial charge in [0.25, 0.3) is 0 Å². The molecule has 1 unspecified atom stereocenters. The number of aliphatic hydroxyl groups is 1. The number of hydrogen-bond donors (Lipinski definition) is 1. The van der Waals surface area contributed by atoms with E-state index in [1.54, 1.807) is 0 Å². The Morgan fingerprint density at radius 2 is 1.90 bits per heavy atom. The highest BCUT2D eigenvalue weighted by Crippen LogP contribution is 2.29. The maximum atomic E-state index is 10.4. The molecule has 2 aromatic rings. The van der Waals surface area contributed by atoms with Gasteiger partial charge in [-0.1, -0.05) is 40.2 Å². The molecule has 0 aromatic heterocycles. The van der Waals surface area contributed by atoms with Crippen LogP contribution in [0.4, 0.5) is 0 Å². The van der Waals surface area contributed by atoms with Crippen LogP contribution >= 0.6 is 15.9 Å². The SMILES string of the molecule is OC(Cc1ccc(Br)cc1)c1cccc(OC2CC2)c1. The van der Waals surface area contributed by atoms with Crippen molar-refractivity contribution in [2.75, 3.05) is 0 Å². The van der Waals surface area contributed by atoms with Gasteiger partial charge in [-0.2, -0.15) is 0 Å². The van der Waals surface area contributed by atoms with Crippen LogP contribution in [0.5, 0.6) is 5.75 Å². The van der Waals surface area contributed by atoms with E-state index in [2.05, 4.69) is 15.9 Å². The van der Waals surface area contributed by atoms with Gasteiger partial charge in [0.1, 0.15) is 5.75 Å². The summed E-state index contributed by atoms with van der Waals surface area (Å²) in [5.41, 5.74) is 2.03. The molecule has 0 heterocycles. The molecule has 0 bridgehead atoms. The number of hydrogen-bond acceptors (Lipinski definition) is 2. The van der Waals surface area contributed by atoms with E-state index in [4.69, 9.17) is 4.74 Å². The van der Waals surface area contributed by atoms with Crippen molar-refractivity contribution in [1.29, 1.82) is 0 Å². The molecule has 1 aliphatic rings. The second-order valence-corrected chi connectivity index (χ2v) is 6.15. The van der Waals surface area contributed by atoms with Crippen molar-refractivity contribution >= 4 is 15.9 Å². The van der Waals surface area contributed by atoms with Gasteiger partial charge >= 0.3 is 0 Å². The van der Waals surface area contributed by atoms with Crippen molar-refractivity contribution in [1.82, 2.24) is 0 Å².